The second-order valence-electron chi connectivity index (χ2n) is 19.6. The number of ether oxygens (including phenoxy) is 2. The van der Waals surface area contributed by atoms with Gasteiger partial charge in [-0.05, 0) is 150 Å². The van der Waals surface area contributed by atoms with Crippen LogP contribution in [0.15, 0.2) is 95.2 Å². The highest BCUT2D eigenvalue weighted by Crippen LogP contribution is 2.67. The summed E-state index contributed by atoms with van der Waals surface area (Å²) < 4.78 is 11.3. The molecule has 1 aliphatic heterocycles. The highest BCUT2D eigenvalue weighted by Gasteiger charge is 2.68. The molecule has 348 valence electrons. The third-order valence-electron chi connectivity index (χ3n) is 16.1. The molecular formula is C53H78N2O8. The number of carbonyl (C=O) groups excluding carboxylic acids is 1. The minimum Gasteiger partial charge on any atom is -0.396 e. The number of allylic oxidation sites excluding steroid dienone is 9. The van der Waals surface area contributed by atoms with Gasteiger partial charge in [0.15, 0.2) is 0 Å². The topological polar surface area (TPSA) is 161 Å². The lowest BCUT2D eigenvalue weighted by atomic mass is 9.45. The Morgan fingerprint density at radius 3 is 2.57 bits per heavy atom. The molecule has 6 rings (SSSR count). The third-order valence-corrected chi connectivity index (χ3v) is 16.1. The van der Waals surface area contributed by atoms with Crippen molar-refractivity contribution in [2.75, 3.05) is 47.3 Å². The van der Waals surface area contributed by atoms with Crippen LogP contribution in [0, 0.1) is 40.9 Å². The first-order valence-electron chi connectivity index (χ1n) is 23.8. The third kappa shape index (κ3) is 10.7. The van der Waals surface area contributed by atoms with Crippen molar-refractivity contribution >= 4 is 6.29 Å². The van der Waals surface area contributed by atoms with Gasteiger partial charge in [-0.3, -0.25) is 10.1 Å². The minimum atomic E-state index is -1.25. The molecule has 10 unspecified atom stereocenters. The Kier molecular flexibility index (Phi) is 17.6. The van der Waals surface area contributed by atoms with E-state index in [4.69, 9.17) is 9.47 Å². The summed E-state index contributed by atoms with van der Waals surface area (Å²) in [6.45, 7) is 9.17. The van der Waals surface area contributed by atoms with E-state index in [0.717, 1.165) is 60.7 Å². The molecule has 3 saturated carbocycles. The maximum atomic E-state index is 12.9. The van der Waals surface area contributed by atoms with Gasteiger partial charge in [-0.15, -0.1) is 0 Å². The van der Waals surface area contributed by atoms with E-state index < -0.39 is 30.1 Å². The fourth-order valence-corrected chi connectivity index (χ4v) is 12.8. The van der Waals surface area contributed by atoms with E-state index in [9.17, 15) is 30.3 Å². The average molecular weight is 871 g/mol. The Morgan fingerprint density at radius 2 is 1.86 bits per heavy atom. The largest absolute Gasteiger partial charge is 0.396 e. The first-order chi connectivity index (χ1) is 30.4. The van der Waals surface area contributed by atoms with Crippen molar-refractivity contribution < 1.29 is 39.8 Å². The molecule has 1 heterocycles. The molecule has 10 atom stereocenters. The molecule has 7 N–H and O–H groups in total. The number of aliphatic hydroxyl groups excluding tert-OH is 4. The van der Waals surface area contributed by atoms with E-state index in [1.54, 1.807) is 7.11 Å². The molecule has 63 heavy (non-hydrogen) atoms. The molecule has 1 aromatic carbocycles. The molecule has 0 amide bonds. The molecule has 4 aliphatic carbocycles. The summed E-state index contributed by atoms with van der Waals surface area (Å²) in [6.07, 6.45) is 22.9. The minimum absolute atomic E-state index is 0.0480. The number of aldehydes is 1. The molecule has 0 saturated heterocycles. The van der Waals surface area contributed by atoms with E-state index in [1.807, 2.05) is 39.1 Å². The van der Waals surface area contributed by atoms with Gasteiger partial charge in [0.05, 0.1) is 18.3 Å². The van der Waals surface area contributed by atoms with Gasteiger partial charge in [-0.1, -0.05) is 97.7 Å². The van der Waals surface area contributed by atoms with Crippen LogP contribution < -0.4 is 10.6 Å². The van der Waals surface area contributed by atoms with Crippen molar-refractivity contribution in [1.82, 2.24) is 10.6 Å². The molecule has 1 aromatic rings. The summed E-state index contributed by atoms with van der Waals surface area (Å²) >= 11 is 0. The zero-order valence-corrected chi connectivity index (χ0v) is 38.6. The number of nitrogens with one attached hydrogen (secondary N) is 2. The number of hydrogen-bond acceptors (Lipinski definition) is 10. The van der Waals surface area contributed by atoms with Crippen LogP contribution in [0.2, 0.25) is 0 Å². The summed E-state index contributed by atoms with van der Waals surface area (Å²) in [5.41, 5.74) is 4.19. The first kappa shape index (κ1) is 49.4. The van der Waals surface area contributed by atoms with Crippen molar-refractivity contribution in [1.29, 1.82) is 0 Å². The second kappa shape index (κ2) is 22.4. The number of rotatable bonds is 17. The maximum Gasteiger partial charge on any atom is 0.145 e. The van der Waals surface area contributed by atoms with Gasteiger partial charge < -0.3 is 40.3 Å². The lowest BCUT2D eigenvalue weighted by Crippen LogP contribution is -2.65. The molecule has 10 heteroatoms. The second-order valence-corrected chi connectivity index (χ2v) is 19.6. The first-order valence-corrected chi connectivity index (χ1v) is 23.8. The fraction of sp³-hybridized carbons (Fsp3) is 0.642. The number of methoxy groups -OCH3 is 1. The van der Waals surface area contributed by atoms with Crippen molar-refractivity contribution in [3.8, 4) is 0 Å². The molecule has 10 nitrogen and oxygen atoms in total. The molecule has 3 fully saturated rings. The van der Waals surface area contributed by atoms with Crippen LogP contribution in [0.3, 0.4) is 0 Å². The van der Waals surface area contributed by atoms with E-state index in [2.05, 4.69) is 59.7 Å². The predicted molar refractivity (Wildman–Crippen MR) is 249 cm³/mol. The highest BCUT2D eigenvalue weighted by atomic mass is 16.6. The number of fused-ring (bicyclic) bond motifs is 5. The number of benzene rings is 1. The van der Waals surface area contributed by atoms with Crippen LogP contribution in [-0.4, -0.2) is 103 Å². The van der Waals surface area contributed by atoms with Gasteiger partial charge in [0.25, 0.3) is 0 Å². The zero-order valence-electron chi connectivity index (χ0n) is 38.6. The van der Waals surface area contributed by atoms with Gasteiger partial charge in [-0.25, -0.2) is 0 Å². The van der Waals surface area contributed by atoms with E-state index in [1.165, 1.54) is 30.4 Å². The van der Waals surface area contributed by atoms with E-state index in [-0.39, 0.29) is 48.3 Å². The van der Waals surface area contributed by atoms with Crippen molar-refractivity contribution in [2.24, 2.45) is 40.9 Å². The van der Waals surface area contributed by atoms with E-state index >= 15 is 0 Å². The predicted octanol–water partition coefficient (Wildman–Crippen LogP) is 6.82. The lowest BCUT2D eigenvalue weighted by molar-refractivity contribution is -0.194. The Balaban J connectivity index is 1.30. The van der Waals surface area contributed by atoms with Crippen LogP contribution in [0.25, 0.3) is 0 Å². The van der Waals surface area contributed by atoms with Gasteiger partial charge in [0.1, 0.15) is 19.3 Å². The monoisotopic (exact) mass is 871 g/mol. The standard InChI is InChI=1S/C53H78N2O8/c1-36(42-18-17-37(2)50(60)55-51(25-28-62-5,45-15-7-6-8-16-45)31-40-13-10-12-39(29-40)30-42)11-9-14-44(34-63-35-58)46-21-23-53(49(46)59)48-41(22-27-56)19-20-43(47(48)38(3)33-57)32-52(53,61)24-26-54-4/h9-14,17,19-20,29,33,41-43,45-46,48-50,54-56,58-61H,1,6-8,15-16,18,21-28,30-32,34-35H2,2-5H3. The van der Waals surface area contributed by atoms with Gasteiger partial charge in [0.2, 0.25) is 0 Å². The molecule has 1 spiro atoms. The summed E-state index contributed by atoms with van der Waals surface area (Å²) in [6, 6.07) is 8.90. The summed E-state index contributed by atoms with van der Waals surface area (Å²) in [5.74, 6) is -0.534. The molecule has 0 aromatic heterocycles. The van der Waals surface area contributed by atoms with Crippen molar-refractivity contribution in [2.45, 2.75) is 127 Å². The highest BCUT2D eigenvalue weighted by molar-refractivity contribution is 5.74. The smallest absolute Gasteiger partial charge is 0.145 e. The van der Waals surface area contributed by atoms with Crippen LogP contribution in [0.4, 0.5) is 0 Å². The Bertz CT molecular complexity index is 1860. The number of carbonyl (C=O) groups is 1. The quantitative estimate of drug-likeness (QED) is 0.0291. The molecule has 0 radical (unpaired) electrons. The Hall–Kier alpha value is -3.03. The summed E-state index contributed by atoms with van der Waals surface area (Å²) in [7, 11) is 3.62. The van der Waals surface area contributed by atoms with Crippen molar-refractivity contribution in [3.63, 3.8) is 0 Å². The van der Waals surface area contributed by atoms with Crippen LogP contribution in [0.5, 0.6) is 0 Å². The molecule has 5 aliphatic rings. The molecule has 4 bridgehead atoms. The summed E-state index contributed by atoms with van der Waals surface area (Å²) in [4.78, 5) is 12.4. The fourth-order valence-electron chi connectivity index (χ4n) is 12.8. The van der Waals surface area contributed by atoms with Crippen molar-refractivity contribution in [3.05, 3.63) is 106 Å². The van der Waals surface area contributed by atoms with Gasteiger partial charge in [0, 0.05) is 43.1 Å². The summed E-state index contributed by atoms with van der Waals surface area (Å²) in [5, 5.41) is 64.6. The normalized spacial score (nSPS) is 35.0. The maximum absolute atomic E-state index is 12.9. The van der Waals surface area contributed by atoms with Gasteiger partial charge in [-0.2, -0.15) is 0 Å². The van der Waals surface area contributed by atoms with Gasteiger partial charge >= 0.3 is 0 Å². The Morgan fingerprint density at radius 1 is 1.08 bits per heavy atom. The van der Waals surface area contributed by atoms with E-state index in [0.29, 0.717) is 63.2 Å². The number of hydrogen-bond donors (Lipinski definition) is 7. The van der Waals surface area contributed by atoms with Crippen LogP contribution >= 0.6 is 0 Å². The SMILES string of the molecule is C=C(C=CC=C(COCO)C1CCC2(C1O)C1C(=C(C)C=O)C(C=CC1CCO)CC2(O)CCNC)C1CC=C(C)C(O)NC(CCOC)(C2CCCCC2)Cc2cccc(c2)C1. The van der Waals surface area contributed by atoms with Crippen LogP contribution in [-0.2, 0) is 27.1 Å². The Labute approximate surface area is 377 Å². The average Bonchev–Trinajstić information content (AvgIpc) is 3.63. The number of aliphatic hydroxyl groups is 5. The zero-order chi connectivity index (χ0) is 45.2. The van der Waals surface area contributed by atoms with Crippen LogP contribution in [0.1, 0.15) is 102 Å². The molecular weight excluding hydrogens is 793 g/mol. The lowest BCUT2D eigenvalue weighted by Gasteiger charge is -2.61.